The molecule has 0 aromatic heterocycles. The Bertz CT molecular complexity index is 549. The van der Waals surface area contributed by atoms with Crippen LogP contribution in [0.15, 0.2) is 42.2 Å². The van der Waals surface area contributed by atoms with Crippen LogP contribution >= 0.6 is 0 Å². The summed E-state index contributed by atoms with van der Waals surface area (Å²) in [4.78, 5) is 23.2. The van der Waals surface area contributed by atoms with E-state index in [2.05, 4.69) is 4.74 Å². The molecule has 1 N–H and O–H groups in total. The van der Waals surface area contributed by atoms with Gasteiger partial charge in [0.2, 0.25) is 0 Å². The van der Waals surface area contributed by atoms with Gasteiger partial charge >= 0.3 is 11.9 Å². The standard InChI is InChI=1S/C16H18O5/c1-20-14(17)10-16(19)9-5-8-13(16)11-21-15(18)12-6-3-2-4-7-12/h2-4,6-7,11,19H,5,8-10H2,1H3. The predicted molar refractivity (Wildman–Crippen MR) is 75.4 cm³/mol. The van der Waals surface area contributed by atoms with Gasteiger partial charge in [-0.1, -0.05) is 18.2 Å². The predicted octanol–water partition coefficient (Wildman–Crippen LogP) is 2.21. The highest BCUT2D eigenvalue weighted by atomic mass is 16.5. The molecule has 5 nitrogen and oxygen atoms in total. The Balaban J connectivity index is 2.06. The molecular weight excluding hydrogens is 272 g/mol. The van der Waals surface area contributed by atoms with Crippen LogP contribution in [0.1, 0.15) is 36.0 Å². The van der Waals surface area contributed by atoms with Crippen molar-refractivity contribution >= 4 is 11.9 Å². The third kappa shape index (κ3) is 3.70. The zero-order chi connectivity index (χ0) is 15.3. The van der Waals surface area contributed by atoms with E-state index in [0.717, 1.165) is 6.42 Å². The van der Waals surface area contributed by atoms with Crippen LogP contribution in [0.2, 0.25) is 0 Å². The third-order valence-electron chi connectivity index (χ3n) is 3.62. The summed E-state index contributed by atoms with van der Waals surface area (Å²) >= 11 is 0. The summed E-state index contributed by atoms with van der Waals surface area (Å²) in [6, 6.07) is 8.59. The first-order chi connectivity index (χ1) is 10.0. The quantitative estimate of drug-likeness (QED) is 0.680. The lowest BCUT2D eigenvalue weighted by Gasteiger charge is -2.22. The van der Waals surface area contributed by atoms with Crippen molar-refractivity contribution in [3.63, 3.8) is 0 Å². The fourth-order valence-corrected chi connectivity index (χ4v) is 2.41. The van der Waals surface area contributed by atoms with Crippen LogP contribution in [-0.2, 0) is 14.3 Å². The van der Waals surface area contributed by atoms with E-state index in [9.17, 15) is 14.7 Å². The van der Waals surface area contributed by atoms with Crippen LogP contribution in [0.5, 0.6) is 0 Å². The van der Waals surface area contributed by atoms with Crippen LogP contribution in [0.25, 0.3) is 0 Å². The van der Waals surface area contributed by atoms with Crippen molar-refractivity contribution in [2.75, 3.05) is 7.11 Å². The number of esters is 2. The van der Waals surface area contributed by atoms with Gasteiger partial charge in [-0.2, -0.15) is 0 Å². The summed E-state index contributed by atoms with van der Waals surface area (Å²) in [7, 11) is 1.28. The second-order valence-electron chi connectivity index (χ2n) is 5.05. The molecule has 1 aromatic carbocycles. The SMILES string of the molecule is COC(=O)CC1(O)CCCC1=COC(=O)c1ccccc1. The van der Waals surface area contributed by atoms with Crippen molar-refractivity contribution in [2.45, 2.75) is 31.3 Å². The number of hydrogen-bond donors (Lipinski definition) is 1. The average molecular weight is 290 g/mol. The number of carbonyl (C=O) groups is 2. The van der Waals surface area contributed by atoms with Gasteiger partial charge in [0.25, 0.3) is 0 Å². The van der Waals surface area contributed by atoms with Gasteiger partial charge in [0.1, 0.15) is 0 Å². The number of carbonyl (C=O) groups excluding carboxylic acids is 2. The maximum Gasteiger partial charge on any atom is 0.342 e. The summed E-state index contributed by atoms with van der Waals surface area (Å²) < 4.78 is 9.70. The lowest BCUT2D eigenvalue weighted by molar-refractivity contribution is -0.144. The molecule has 1 atom stereocenters. The number of hydrogen-bond acceptors (Lipinski definition) is 5. The second-order valence-corrected chi connectivity index (χ2v) is 5.05. The van der Waals surface area contributed by atoms with Crippen molar-refractivity contribution in [2.24, 2.45) is 0 Å². The van der Waals surface area contributed by atoms with Crippen molar-refractivity contribution < 1.29 is 24.2 Å². The maximum absolute atomic E-state index is 11.9. The van der Waals surface area contributed by atoms with Crippen LogP contribution in [0.4, 0.5) is 0 Å². The van der Waals surface area contributed by atoms with E-state index < -0.39 is 17.5 Å². The Labute approximate surface area is 123 Å². The topological polar surface area (TPSA) is 72.8 Å². The molecule has 0 spiro atoms. The van der Waals surface area contributed by atoms with Crippen LogP contribution in [-0.4, -0.2) is 29.8 Å². The lowest BCUT2D eigenvalue weighted by Crippen LogP contribution is -2.30. The Morgan fingerprint density at radius 2 is 2.05 bits per heavy atom. The third-order valence-corrected chi connectivity index (χ3v) is 3.62. The summed E-state index contributed by atoms with van der Waals surface area (Å²) in [5.74, 6) is -0.977. The number of aliphatic hydroxyl groups is 1. The highest BCUT2D eigenvalue weighted by Gasteiger charge is 2.39. The summed E-state index contributed by atoms with van der Waals surface area (Å²) in [5.41, 5.74) is -0.287. The molecule has 0 bridgehead atoms. The van der Waals surface area contributed by atoms with Crippen molar-refractivity contribution in [1.82, 2.24) is 0 Å². The molecule has 1 aliphatic rings. The Morgan fingerprint density at radius 3 is 2.71 bits per heavy atom. The molecule has 1 aliphatic carbocycles. The van der Waals surface area contributed by atoms with E-state index in [1.54, 1.807) is 30.3 Å². The highest BCUT2D eigenvalue weighted by Crippen LogP contribution is 2.38. The zero-order valence-electron chi connectivity index (χ0n) is 11.9. The summed E-state index contributed by atoms with van der Waals surface area (Å²) in [5, 5.41) is 10.5. The van der Waals surface area contributed by atoms with Crippen LogP contribution in [0, 0.1) is 0 Å². The first kappa shape index (κ1) is 15.3. The molecule has 21 heavy (non-hydrogen) atoms. The smallest absolute Gasteiger partial charge is 0.342 e. The highest BCUT2D eigenvalue weighted by molar-refractivity contribution is 5.89. The molecule has 112 valence electrons. The molecule has 2 rings (SSSR count). The van der Waals surface area contributed by atoms with E-state index in [-0.39, 0.29) is 6.42 Å². The van der Waals surface area contributed by atoms with E-state index in [1.807, 2.05) is 0 Å². The van der Waals surface area contributed by atoms with E-state index >= 15 is 0 Å². The van der Waals surface area contributed by atoms with Crippen LogP contribution in [0.3, 0.4) is 0 Å². The largest absolute Gasteiger partial charge is 0.469 e. The molecule has 1 fully saturated rings. The lowest BCUT2D eigenvalue weighted by atomic mass is 9.94. The van der Waals surface area contributed by atoms with Crippen LogP contribution < -0.4 is 0 Å². The Kier molecular flexibility index (Phi) is 4.75. The van der Waals surface area contributed by atoms with Gasteiger partial charge in [-0.3, -0.25) is 4.79 Å². The molecule has 1 saturated carbocycles. The molecule has 5 heteroatoms. The number of methoxy groups -OCH3 is 1. The summed E-state index contributed by atoms with van der Waals surface area (Å²) in [6.07, 6.45) is 2.93. The van der Waals surface area contributed by atoms with E-state index in [0.29, 0.717) is 24.0 Å². The minimum Gasteiger partial charge on any atom is -0.469 e. The Hall–Kier alpha value is -2.14. The van der Waals surface area contributed by atoms with Crippen molar-refractivity contribution in [3.8, 4) is 0 Å². The van der Waals surface area contributed by atoms with Gasteiger partial charge < -0.3 is 14.6 Å². The minimum atomic E-state index is -1.27. The average Bonchev–Trinajstić information content (AvgIpc) is 2.86. The van der Waals surface area contributed by atoms with Gasteiger partial charge in [-0.15, -0.1) is 0 Å². The molecule has 0 aliphatic heterocycles. The molecule has 1 unspecified atom stereocenters. The Morgan fingerprint density at radius 1 is 1.33 bits per heavy atom. The molecule has 0 saturated heterocycles. The fourth-order valence-electron chi connectivity index (χ4n) is 2.41. The molecular formula is C16H18O5. The first-order valence-electron chi connectivity index (χ1n) is 6.80. The van der Waals surface area contributed by atoms with Gasteiger partial charge in [0.15, 0.2) is 0 Å². The number of benzene rings is 1. The summed E-state index contributed by atoms with van der Waals surface area (Å²) in [6.45, 7) is 0. The normalized spacial score (nSPS) is 23.0. The maximum atomic E-state index is 11.9. The van der Waals surface area contributed by atoms with Crippen molar-refractivity contribution in [1.29, 1.82) is 0 Å². The fraction of sp³-hybridized carbons (Fsp3) is 0.375. The van der Waals surface area contributed by atoms with Gasteiger partial charge in [0.05, 0.1) is 31.0 Å². The number of ether oxygens (including phenoxy) is 2. The molecule has 1 aromatic rings. The molecule has 0 amide bonds. The minimum absolute atomic E-state index is 0.127. The van der Waals surface area contributed by atoms with E-state index in [4.69, 9.17) is 4.74 Å². The van der Waals surface area contributed by atoms with Gasteiger partial charge in [-0.25, -0.2) is 4.79 Å². The monoisotopic (exact) mass is 290 g/mol. The van der Waals surface area contributed by atoms with Gasteiger partial charge in [0, 0.05) is 0 Å². The molecule has 0 heterocycles. The number of rotatable bonds is 4. The van der Waals surface area contributed by atoms with Crippen molar-refractivity contribution in [3.05, 3.63) is 47.7 Å². The first-order valence-corrected chi connectivity index (χ1v) is 6.80. The van der Waals surface area contributed by atoms with E-state index in [1.165, 1.54) is 13.4 Å². The molecule has 0 radical (unpaired) electrons. The van der Waals surface area contributed by atoms with Gasteiger partial charge in [-0.05, 0) is 37.0 Å². The zero-order valence-corrected chi connectivity index (χ0v) is 11.9. The second kappa shape index (κ2) is 6.54.